The number of aromatic nitrogens is 3. The van der Waals surface area contributed by atoms with Crippen molar-refractivity contribution in [3.05, 3.63) is 52.8 Å². The number of nitriles is 1. The maximum absolute atomic E-state index is 9.34. The summed E-state index contributed by atoms with van der Waals surface area (Å²) < 4.78 is 0. The Morgan fingerprint density at radius 2 is 1.84 bits per heavy atom. The number of benzene rings is 1. The van der Waals surface area contributed by atoms with Crippen LogP contribution in [0.25, 0.3) is 10.8 Å². The van der Waals surface area contributed by atoms with Crippen molar-refractivity contribution in [2.45, 2.75) is 32.9 Å². The van der Waals surface area contributed by atoms with Gasteiger partial charge in [-0.1, -0.05) is 12.1 Å². The zero-order valence-corrected chi connectivity index (χ0v) is 19.0. The monoisotopic (exact) mass is 430 g/mol. The van der Waals surface area contributed by atoms with Gasteiger partial charge in [0.2, 0.25) is 0 Å². The van der Waals surface area contributed by atoms with Gasteiger partial charge >= 0.3 is 0 Å². The minimum atomic E-state index is -0.516. The maximum Gasteiger partial charge on any atom is 0.158 e. The number of nitrogens with two attached hydrogens (primary N) is 1. The Labute approximate surface area is 189 Å². The van der Waals surface area contributed by atoms with E-state index < -0.39 is 6.17 Å². The molecule has 1 aliphatic heterocycles. The van der Waals surface area contributed by atoms with Crippen molar-refractivity contribution in [1.29, 1.82) is 5.26 Å². The molecule has 166 valence electrons. The summed E-state index contributed by atoms with van der Waals surface area (Å²) in [5, 5.41) is 23.3. The Bertz CT molecular complexity index is 1140. The average molecular weight is 431 g/mol. The standard InChI is InChI=1S/C24H30N8/c1-16-18(14-25)7-4-8-19(16)23(26)28-24-20-13-22(27-15-21(20)17(2)29-30-24)32-11-5-9-31(3)10-6-12-32/h4,7-8,13,15,23H,5-6,9-12,26H2,1-3H3,(H,28,30)/t23-/m0/s1. The Kier molecular flexibility index (Phi) is 6.49. The van der Waals surface area contributed by atoms with Crippen molar-refractivity contribution >= 4 is 22.4 Å². The third-order valence-electron chi connectivity index (χ3n) is 6.22. The Morgan fingerprint density at radius 3 is 2.56 bits per heavy atom. The van der Waals surface area contributed by atoms with E-state index in [4.69, 9.17) is 10.7 Å². The van der Waals surface area contributed by atoms with Crippen molar-refractivity contribution in [3.8, 4) is 6.07 Å². The molecule has 8 heteroatoms. The van der Waals surface area contributed by atoms with Crippen LogP contribution in [0.5, 0.6) is 0 Å². The highest BCUT2D eigenvalue weighted by Crippen LogP contribution is 2.29. The lowest BCUT2D eigenvalue weighted by Crippen LogP contribution is -2.35. The molecule has 3 heterocycles. The summed E-state index contributed by atoms with van der Waals surface area (Å²) in [7, 11) is 2.18. The summed E-state index contributed by atoms with van der Waals surface area (Å²) in [4.78, 5) is 9.49. The van der Waals surface area contributed by atoms with Crippen molar-refractivity contribution < 1.29 is 0 Å². The number of hydrogen-bond acceptors (Lipinski definition) is 8. The van der Waals surface area contributed by atoms with Crippen LogP contribution in [0, 0.1) is 25.2 Å². The van der Waals surface area contributed by atoms with E-state index in [0.717, 1.165) is 72.4 Å². The number of aryl methyl sites for hydroxylation is 1. The van der Waals surface area contributed by atoms with Gasteiger partial charge in [-0.2, -0.15) is 10.4 Å². The summed E-state index contributed by atoms with van der Waals surface area (Å²) in [6.07, 6.45) is 3.58. The highest BCUT2D eigenvalue weighted by atomic mass is 15.2. The van der Waals surface area contributed by atoms with E-state index in [1.54, 1.807) is 6.07 Å². The predicted molar refractivity (Wildman–Crippen MR) is 127 cm³/mol. The SMILES string of the molecule is Cc1c(C#N)cccc1[C@@H](N)Nc1nnc(C)c2cnc(N3CCCN(C)CCC3)cc12. The number of fused-ring (bicyclic) bond motifs is 1. The highest BCUT2D eigenvalue weighted by Gasteiger charge is 2.17. The molecule has 1 atom stereocenters. The fourth-order valence-electron chi connectivity index (χ4n) is 4.29. The van der Waals surface area contributed by atoms with Crippen LogP contribution in [-0.4, -0.2) is 53.3 Å². The molecule has 0 amide bonds. The van der Waals surface area contributed by atoms with Gasteiger partial charge in [-0.3, -0.25) is 0 Å². The molecule has 0 saturated carbocycles. The van der Waals surface area contributed by atoms with Crippen molar-refractivity contribution in [3.63, 3.8) is 0 Å². The van der Waals surface area contributed by atoms with E-state index >= 15 is 0 Å². The molecule has 3 N–H and O–H groups in total. The van der Waals surface area contributed by atoms with Gasteiger partial charge in [0.15, 0.2) is 5.82 Å². The van der Waals surface area contributed by atoms with E-state index in [0.29, 0.717) is 11.4 Å². The normalized spacial score (nSPS) is 16.3. The van der Waals surface area contributed by atoms with E-state index in [2.05, 4.69) is 44.5 Å². The molecule has 2 aromatic heterocycles. The fourth-order valence-corrected chi connectivity index (χ4v) is 4.29. The van der Waals surface area contributed by atoms with Gasteiger partial charge < -0.3 is 20.9 Å². The van der Waals surface area contributed by atoms with E-state index in [9.17, 15) is 5.26 Å². The van der Waals surface area contributed by atoms with Crippen LogP contribution < -0.4 is 16.0 Å². The van der Waals surface area contributed by atoms with Crippen molar-refractivity contribution in [1.82, 2.24) is 20.1 Å². The first-order valence-corrected chi connectivity index (χ1v) is 11.1. The third-order valence-corrected chi connectivity index (χ3v) is 6.22. The second-order valence-electron chi connectivity index (χ2n) is 8.47. The van der Waals surface area contributed by atoms with Crippen LogP contribution in [0.15, 0.2) is 30.5 Å². The lowest BCUT2D eigenvalue weighted by Gasteiger charge is -2.29. The Hall–Kier alpha value is -3.28. The largest absolute Gasteiger partial charge is 0.357 e. The summed E-state index contributed by atoms with van der Waals surface area (Å²) >= 11 is 0. The molecule has 32 heavy (non-hydrogen) atoms. The van der Waals surface area contributed by atoms with Crippen LogP contribution >= 0.6 is 0 Å². The first-order chi connectivity index (χ1) is 15.5. The summed E-state index contributed by atoms with van der Waals surface area (Å²) in [5.41, 5.74) is 9.67. The third kappa shape index (κ3) is 4.49. The summed E-state index contributed by atoms with van der Waals surface area (Å²) in [5.74, 6) is 1.57. The van der Waals surface area contributed by atoms with Crippen LogP contribution in [-0.2, 0) is 0 Å². The van der Waals surface area contributed by atoms with Crippen LogP contribution in [0.2, 0.25) is 0 Å². The summed E-state index contributed by atoms with van der Waals surface area (Å²) in [6, 6.07) is 9.89. The molecule has 1 aromatic carbocycles. The van der Waals surface area contributed by atoms with Crippen LogP contribution in [0.4, 0.5) is 11.6 Å². The van der Waals surface area contributed by atoms with Gasteiger partial charge in [0.1, 0.15) is 12.0 Å². The highest BCUT2D eigenvalue weighted by molar-refractivity contribution is 5.94. The molecule has 1 aliphatic rings. The van der Waals surface area contributed by atoms with Gasteiger partial charge in [0, 0.05) is 30.1 Å². The smallest absolute Gasteiger partial charge is 0.158 e. The number of rotatable bonds is 4. The molecule has 8 nitrogen and oxygen atoms in total. The number of pyridine rings is 1. The molecule has 1 saturated heterocycles. The fraction of sp³-hybridized carbons (Fsp3) is 0.417. The van der Waals surface area contributed by atoms with E-state index in [1.165, 1.54) is 0 Å². The molecule has 4 rings (SSSR count). The number of nitrogens with one attached hydrogen (secondary N) is 1. The van der Waals surface area contributed by atoms with Crippen LogP contribution in [0.3, 0.4) is 0 Å². The molecular formula is C24H30N8. The topological polar surface area (TPSA) is 107 Å². The van der Waals surface area contributed by atoms with Crippen LogP contribution in [0.1, 0.15) is 41.4 Å². The minimum Gasteiger partial charge on any atom is -0.357 e. The molecule has 0 radical (unpaired) electrons. The van der Waals surface area contributed by atoms with E-state index in [-0.39, 0.29) is 0 Å². The Morgan fingerprint density at radius 1 is 1.09 bits per heavy atom. The quantitative estimate of drug-likeness (QED) is 0.608. The zero-order valence-electron chi connectivity index (χ0n) is 19.0. The molecule has 3 aromatic rings. The second-order valence-corrected chi connectivity index (χ2v) is 8.47. The molecule has 0 aliphatic carbocycles. The van der Waals surface area contributed by atoms with Gasteiger partial charge in [0.05, 0.1) is 17.3 Å². The van der Waals surface area contributed by atoms with Gasteiger partial charge in [-0.25, -0.2) is 4.98 Å². The summed E-state index contributed by atoms with van der Waals surface area (Å²) in [6.45, 7) is 7.99. The van der Waals surface area contributed by atoms with Gasteiger partial charge in [0.25, 0.3) is 0 Å². The molecule has 0 unspecified atom stereocenters. The average Bonchev–Trinajstić information content (AvgIpc) is 2.78. The maximum atomic E-state index is 9.34. The lowest BCUT2D eigenvalue weighted by atomic mass is 10.0. The van der Waals surface area contributed by atoms with Crippen molar-refractivity contribution in [2.24, 2.45) is 5.73 Å². The number of nitrogens with zero attached hydrogens (tertiary/aromatic N) is 6. The predicted octanol–water partition coefficient (Wildman–Crippen LogP) is 3.11. The number of hydrogen-bond donors (Lipinski definition) is 2. The van der Waals surface area contributed by atoms with E-state index in [1.807, 2.05) is 32.2 Å². The zero-order chi connectivity index (χ0) is 22.7. The minimum absolute atomic E-state index is 0.516. The number of anilines is 2. The lowest BCUT2D eigenvalue weighted by molar-refractivity contribution is 0.313. The second kappa shape index (κ2) is 9.47. The molecule has 1 fully saturated rings. The van der Waals surface area contributed by atoms with Gasteiger partial charge in [-0.15, -0.1) is 5.10 Å². The first kappa shape index (κ1) is 21.9. The molecule has 0 bridgehead atoms. The molecular weight excluding hydrogens is 400 g/mol. The van der Waals surface area contributed by atoms with Crippen molar-refractivity contribution in [2.75, 3.05) is 43.4 Å². The molecule has 0 spiro atoms. The first-order valence-electron chi connectivity index (χ1n) is 11.1. The van der Waals surface area contributed by atoms with Gasteiger partial charge in [-0.05, 0) is 70.1 Å². The Balaban J connectivity index is 1.67.